The fraction of sp³-hybridized carbons (Fsp3) is 0.435. The number of nitrogens with zero attached hydrogens (tertiary/aromatic N) is 3. The maximum atomic E-state index is 13.1. The number of halogens is 1. The highest BCUT2D eigenvalue weighted by atomic mass is 35.5. The summed E-state index contributed by atoms with van der Waals surface area (Å²) >= 11 is 6.86. The number of amides is 1. The molecule has 1 N–H and O–H groups in total. The minimum atomic E-state index is -3.87. The molecule has 1 fully saturated rings. The highest BCUT2D eigenvalue weighted by Crippen LogP contribution is 2.42. The first-order chi connectivity index (χ1) is 17.8. The van der Waals surface area contributed by atoms with Crippen LogP contribution in [0.15, 0.2) is 32.9 Å². The van der Waals surface area contributed by atoms with Crippen molar-refractivity contribution in [1.29, 1.82) is 0 Å². The third-order valence-corrected chi connectivity index (χ3v) is 9.04. The lowest BCUT2D eigenvalue weighted by molar-refractivity contribution is -0.119. The summed E-state index contributed by atoms with van der Waals surface area (Å²) in [6.45, 7) is 7.00. The minimum Gasteiger partial charge on any atom is -0.490 e. The van der Waals surface area contributed by atoms with Gasteiger partial charge in [-0.2, -0.15) is 4.31 Å². The Labute approximate surface area is 223 Å². The van der Waals surface area contributed by atoms with E-state index < -0.39 is 22.0 Å². The Bertz CT molecular complexity index is 1330. The van der Waals surface area contributed by atoms with E-state index in [9.17, 15) is 13.2 Å². The zero-order chi connectivity index (χ0) is 26.6. The summed E-state index contributed by atoms with van der Waals surface area (Å²) in [6.07, 6.45) is 0.900. The van der Waals surface area contributed by atoms with Gasteiger partial charge in [0.05, 0.1) is 24.2 Å². The van der Waals surface area contributed by atoms with Crippen molar-refractivity contribution < 1.29 is 31.8 Å². The number of carbonyl (C=O) groups is 1. The molecule has 3 heterocycles. The van der Waals surface area contributed by atoms with Crippen LogP contribution in [0.25, 0.3) is 11.5 Å². The fourth-order valence-electron chi connectivity index (χ4n) is 3.93. The molecule has 1 saturated heterocycles. The molecule has 14 heteroatoms. The second-order valence-electron chi connectivity index (χ2n) is 7.83. The van der Waals surface area contributed by atoms with Crippen molar-refractivity contribution in [3.8, 4) is 28.7 Å². The molecular weight excluding hydrogens is 544 g/mol. The number of carbonyl (C=O) groups excluding carboxylic acids is 1. The lowest BCUT2D eigenvalue weighted by atomic mass is 10.2. The van der Waals surface area contributed by atoms with E-state index in [2.05, 4.69) is 15.5 Å². The van der Waals surface area contributed by atoms with Crippen molar-refractivity contribution in [2.75, 3.05) is 31.7 Å². The van der Waals surface area contributed by atoms with E-state index in [1.54, 1.807) is 12.1 Å². The van der Waals surface area contributed by atoms with Crippen LogP contribution < -0.4 is 19.5 Å². The number of hydrogen-bond acceptors (Lipinski definition) is 10. The van der Waals surface area contributed by atoms with Crippen LogP contribution in [-0.2, 0) is 14.8 Å². The first-order valence-electron chi connectivity index (χ1n) is 11.8. The van der Waals surface area contributed by atoms with E-state index in [0.29, 0.717) is 59.8 Å². The van der Waals surface area contributed by atoms with Gasteiger partial charge < -0.3 is 18.6 Å². The molecule has 0 spiro atoms. The van der Waals surface area contributed by atoms with E-state index >= 15 is 0 Å². The predicted octanol–water partition coefficient (Wildman–Crippen LogP) is 4.44. The largest absolute Gasteiger partial charge is 0.490 e. The average Bonchev–Trinajstić information content (AvgIpc) is 3.62. The zero-order valence-electron chi connectivity index (χ0n) is 20.5. The van der Waals surface area contributed by atoms with Crippen LogP contribution in [-0.4, -0.2) is 61.2 Å². The zero-order valence-corrected chi connectivity index (χ0v) is 22.9. The van der Waals surface area contributed by atoms with Gasteiger partial charge in [0.2, 0.25) is 17.5 Å². The van der Waals surface area contributed by atoms with Crippen molar-refractivity contribution in [2.24, 2.45) is 0 Å². The van der Waals surface area contributed by atoms with E-state index in [1.165, 1.54) is 16.4 Å². The van der Waals surface area contributed by atoms with Crippen LogP contribution in [0, 0.1) is 0 Å². The standard InChI is InChI=1S/C23H27ClN4O7S2/c1-4-32-16-12-14(13-17(33-5-2)20(16)34-6-3)22-26-27-23(35-22)25-21(29)15-8-7-11-28(15)37(30,31)19-10-9-18(24)36-19/h9-10,12-13,15H,4-8,11H2,1-3H3,(H,25,27,29). The highest BCUT2D eigenvalue weighted by molar-refractivity contribution is 7.91. The van der Waals surface area contributed by atoms with Crippen LogP contribution in [0.2, 0.25) is 4.34 Å². The predicted molar refractivity (Wildman–Crippen MR) is 138 cm³/mol. The molecule has 1 aromatic carbocycles. The van der Waals surface area contributed by atoms with Gasteiger partial charge in [-0.25, -0.2) is 8.42 Å². The third-order valence-electron chi connectivity index (χ3n) is 5.43. The first-order valence-corrected chi connectivity index (χ1v) is 14.4. The van der Waals surface area contributed by atoms with Crippen molar-refractivity contribution >= 4 is 44.9 Å². The summed E-state index contributed by atoms with van der Waals surface area (Å²) in [4.78, 5) is 13.0. The number of hydrogen-bond donors (Lipinski definition) is 1. The molecular formula is C23H27ClN4O7S2. The first kappa shape index (κ1) is 27.2. The lowest BCUT2D eigenvalue weighted by Gasteiger charge is -2.21. The number of sulfonamides is 1. The van der Waals surface area contributed by atoms with Gasteiger partial charge in [0.25, 0.3) is 10.0 Å². The number of rotatable bonds is 11. The number of thiophene rings is 1. The molecule has 1 aliphatic heterocycles. The normalized spacial score (nSPS) is 16.1. The van der Waals surface area contributed by atoms with Gasteiger partial charge in [-0.05, 0) is 57.9 Å². The summed E-state index contributed by atoms with van der Waals surface area (Å²) in [5.41, 5.74) is 0.503. The Kier molecular flexibility index (Phi) is 8.57. The molecule has 0 radical (unpaired) electrons. The van der Waals surface area contributed by atoms with Crippen LogP contribution in [0.4, 0.5) is 6.01 Å². The SMILES string of the molecule is CCOc1cc(-c2nnc(NC(=O)C3CCCN3S(=O)(=O)c3ccc(Cl)s3)o2)cc(OCC)c1OCC. The number of anilines is 1. The Balaban J connectivity index is 1.55. The molecule has 200 valence electrons. The highest BCUT2D eigenvalue weighted by Gasteiger charge is 2.40. The van der Waals surface area contributed by atoms with Crippen molar-refractivity contribution in [3.05, 3.63) is 28.6 Å². The van der Waals surface area contributed by atoms with Crippen LogP contribution in [0.5, 0.6) is 17.2 Å². The molecule has 0 saturated carbocycles. The Morgan fingerprint density at radius 3 is 2.41 bits per heavy atom. The van der Waals surface area contributed by atoms with E-state index in [1.807, 2.05) is 20.8 Å². The van der Waals surface area contributed by atoms with Gasteiger partial charge in [-0.3, -0.25) is 10.1 Å². The summed E-state index contributed by atoms with van der Waals surface area (Å²) in [6, 6.07) is 5.25. The van der Waals surface area contributed by atoms with E-state index in [-0.39, 0.29) is 22.7 Å². The van der Waals surface area contributed by atoms with Gasteiger partial charge >= 0.3 is 6.01 Å². The maximum Gasteiger partial charge on any atom is 0.322 e. The van der Waals surface area contributed by atoms with E-state index in [4.69, 9.17) is 30.2 Å². The number of benzene rings is 1. The molecule has 37 heavy (non-hydrogen) atoms. The lowest BCUT2D eigenvalue weighted by Crippen LogP contribution is -2.42. The summed E-state index contributed by atoms with van der Waals surface area (Å²) in [5, 5.41) is 10.5. The minimum absolute atomic E-state index is 0.0861. The Morgan fingerprint density at radius 2 is 1.81 bits per heavy atom. The van der Waals surface area contributed by atoms with Crippen LogP contribution in [0.3, 0.4) is 0 Å². The third kappa shape index (κ3) is 5.84. The van der Waals surface area contributed by atoms with Crippen molar-refractivity contribution in [3.63, 3.8) is 0 Å². The molecule has 11 nitrogen and oxygen atoms in total. The summed E-state index contributed by atoms with van der Waals surface area (Å²) < 4.78 is 50.6. The molecule has 2 aromatic heterocycles. The van der Waals surface area contributed by atoms with E-state index in [0.717, 1.165) is 11.3 Å². The molecule has 4 rings (SSSR count). The van der Waals surface area contributed by atoms with Crippen molar-refractivity contribution in [1.82, 2.24) is 14.5 Å². The van der Waals surface area contributed by atoms with Crippen LogP contribution in [0.1, 0.15) is 33.6 Å². The summed E-state index contributed by atoms with van der Waals surface area (Å²) in [7, 11) is -3.87. The monoisotopic (exact) mass is 570 g/mol. The average molecular weight is 571 g/mol. The van der Waals surface area contributed by atoms with Gasteiger partial charge in [0.1, 0.15) is 10.3 Å². The second kappa shape index (κ2) is 11.7. The molecule has 0 bridgehead atoms. The molecule has 1 unspecified atom stereocenters. The number of aromatic nitrogens is 2. The summed E-state index contributed by atoms with van der Waals surface area (Å²) in [5.74, 6) is 0.932. The van der Waals surface area contributed by atoms with Gasteiger partial charge in [-0.15, -0.1) is 16.4 Å². The molecule has 0 aliphatic carbocycles. The van der Waals surface area contributed by atoms with Gasteiger partial charge in [0, 0.05) is 12.1 Å². The fourth-order valence-corrected chi connectivity index (χ4v) is 7.20. The maximum absolute atomic E-state index is 13.1. The molecule has 3 aromatic rings. The molecule has 1 aliphatic rings. The smallest absolute Gasteiger partial charge is 0.322 e. The quantitative estimate of drug-likeness (QED) is 0.355. The van der Waals surface area contributed by atoms with Crippen LogP contribution >= 0.6 is 22.9 Å². The number of ether oxygens (including phenoxy) is 3. The van der Waals surface area contributed by atoms with Gasteiger partial charge in [-0.1, -0.05) is 16.7 Å². The second-order valence-corrected chi connectivity index (χ2v) is 11.7. The molecule has 1 atom stereocenters. The topological polar surface area (TPSA) is 133 Å². The Morgan fingerprint density at radius 1 is 1.14 bits per heavy atom. The molecule has 1 amide bonds. The Hall–Kier alpha value is -2.87. The van der Waals surface area contributed by atoms with Gasteiger partial charge in [0.15, 0.2) is 11.5 Å². The van der Waals surface area contributed by atoms with Crippen molar-refractivity contribution in [2.45, 2.75) is 43.9 Å². The number of nitrogens with one attached hydrogen (secondary N) is 1.